The number of halogens is 5. The second-order valence-corrected chi connectivity index (χ2v) is 3.81. The molecule has 2 nitrogen and oxygen atoms in total. The molecule has 0 unspecified atom stereocenters. The Kier molecular flexibility index (Phi) is 3.80. The predicted octanol–water partition coefficient (Wildman–Crippen LogP) is 3.81. The summed E-state index contributed by atoms with van der Waals surface area (Å²) in [7, 11) is 0. The molecule has 0 aliphatic carbocycles. The molecule has 0 radical (unpaired) electrons. The lowest BCUT2D eigenvalue weighted by molar-refractivity contribution is 0.107. The second kappa shape index (κ2) is 4.51. The second-order valence-electron chi connectivity index (χ2n) is 2.26. The number of hydrogen-bond acceptors (Lipinski definition) is 2. The summed E-state index contributed by atoms with van der Waals surface area (Å²) in [5.74, 6) is 0. The first-order chi connectivity index (χ1) is 6.43. The standard InChI is InChI=1S/C7H2BrCl2F2NO/c8-4-2(9)1-3(6(10)14)13-5(4)7(11)12/h1,7H. The van der Waals surface area contributed by atoms with Gasteiger partial charge in [-0.2, -0.15) is 0 Å². The van der Waals surface area contributed by atoms with Gasteiger partial charge in [0.1, 0.15) is 11.4 Å². The minimum Gasteiger partial charge on any atom is -0.274 e. The van der Waals surface area contributed by atoms with Crippen molar-refractivity contribution in [1.29, 1.82) is 0 Å². The molecule has 0 amide bonds. The first-order valence-corrected chi connectivity index (χ1v) is 4.82. The summed E-state index contributed by atoms with van der Waals surface area (Å²) >= 11 is 13.5. The zero-order chi connectivity index (χ0) is 10.9. The molecule has 0 bridgehead atoms. The molecule has 0 aliphatic heterocycles. The van der Waals surface area contributed by atoms with E-state index in [1.54, 1.807) is 0 Å². The Hall–Kier alpha value is -0.260. The smallest absolute Gasteiger partial charge is 0.274 e. The van der Waals surface area contributed by atoms with Crippen LogP contribution in [0.5, 0.6) is 0 Å². The van der Waals surface area contributed by atoms with Gasteiger partial charge in [-0.25, -0.2) is 13.8 Å². The van der Waals surface area contributed by atoms with Gasteiger partial charge in [-0.05, 0) is 33.6 Å². The van der Waals surface area contributed by atoms with Gasteiger partial charge in [0.05, 0.1) is 9.50 Å². The zero-order valence-electron chi connectivity index (χ0n) is 6.40. The summed E-state index contributed by atoms with van der Waals surface area (Å²) in [6, 6.07) is 1.12. The number of rotatable bonds is 2. The Morgan fingerprint density at radius 2 is 2.14 bits per heavy atom. The van der Waals surface area contributed by atoms with Crippen molar-refractivity contribution in [3.05, 3.63) is 26.9 Å². The third-order valence-electron chi connectivity index (χ3n) is 1.35. The molecule has 1 rings (SSSR count). The lowest BCUT2D eigenvalue weighted by atomic mass is 10.3. The molecule has 0 spiro atoms. The van der Waals surface area contributed by atoms with Gasteiger partial charge in [-0.1, -0.05) is 11.6 Å². The molecule has 1 aromatic rings. The summed E-state index contributed by atoms with van der Waals surface area (Å²) in [6.45, 7) is 0. The van der Waals surface area contributed by atoms with E-state index in [2.05, 4.69) is 20.9 Å². The van der Waals surface area contributed by atoms with Crippen LogP contribution < -0.4 is 0 Å². The van der Waals surface area contributed by atoms with Crippen molar-refractivity contribution in [2.24, 2.45) is 0 Å². The van der Waals surface area contributed by atoms with E-state index >= 15 is 0 Å². The van der Waals surface area contributed by atoms with Crippen molar-refractivity contribution in [2.45, 2.75) is 6.43 Å². The van der Waals surface area contributed by atoms with Crippen LogP contribution in [0.25, 0.3) is 0 Å². The fourth-order valence-electron chi connectivity index (χ4n) is 0.762. The highest BCUT2D eigenvalue weighted by atomic mass is 79.9. The number of aromatic nitrogens is 1. The molecule has 14 heavy (non-hydrogen) atoms. The maximum Gasteiger partial charge on any atom is 0.281 e. The van der Waals surface area contributed by atoms with Gasteiger partial charge >= 0.3 is 0 Å². The molecule has 1 aromatic heterocycles. The SMILES string of the molecule is O=C(Cl)c1cc(Cl)c(Br)c(C(F)F)n1. The third kappa shape index (κ3) is 2.40. The molecule has 0 saturated heterocycles. The van der Waals surface area contributed by atoms with E-state index < -0.39 is 17.4 Å². The molecular weight excluding hydrogens is 303 g/mol. The fraction of sp³-hybridized carbons (Fsp3) is 0.143. The van der Waals surface area contributed by atoms with E-state index in [0.29, 0.717) is 0 Å². The molecule has 76 valence electrons. The van der Waals surface area contributed by atoms with Gasteiger partial charge in [0.2, 0.25) is 0 Å². The monoisotopic (exact) mass is 303 g/mol. The Morgan fingerprint density at radius 3 is 2.57 bits per heavy atom. The van der Waals surface area contributed by atoms with Crippen LogP contribution in [-0.2, 0) is 0 Å². The van der Waals surface area contributed by atoms with E-state index in [9.17, 15) is 13.6 Å². The minimum atomic E-state index is -2.82. The van der Waals surface area contributed by atoms with Gasteiger partial charge < -0.3 is 0 Å². The Labute approximate surface area is 96.3 Å². The summed E-state index contributed by atoms with van der Waals surface area (Å²) in [5.41, 5.74) is -0.892. The van der Waals surface area contributed by atoms with E-state index in [4.69, 9.17) is 23.2 Å². The lowest BCUT2D eigenvalue weighted by Gasteiger charge is -2.05. The molecular formula is C7H2BrCl2F2NO. The first-order valence-electron chi connectivity index (χ1n) is 3.27. The van der Waals surface area contributed by atoms with Gasteiger partial charge in [0, 0.05) is 0 Å². The van der Waals surface area contributed by atoms with E-state index in [1.807, 2.05) is 0 Å². The Morgan fingerprint density at radius 1 is 1.57 bits per heavy atom. The average molecular weight is 305 g/mol. The first kappa shape index (κ1) is 11.8. The zero-order valence-corrected chi connectivity index (χ0v) is 9.50. The minimum absolute atomic E-state index is 0.0284. The highest BCUT2D eigenvalue weighted by Crippen LogP contribution is 2.32. The third-order valence-corrected chi connectivity index (χ3v) is 2.90. The van der Waals surface area contributed by atoms with Gasteiger partial charge in [0.15, 0.2) is 0 Å². The summed E-state index contributed by atoms with van der Waals surface area (Å²) in [4.78, 5) is 14.0. The molecule has 0 aliphatic rings. The summed E-state index contributed by atoms with van der Waals surface area (Å²) < 4.78 is 24.7. The van der Waals surface area contributed by atoms with Crippen LogP contribution in [0, 0.1) is 0 Å². The maximum absolute atomic E-state index is 12.3. The molecule has 0 fully saturated rings. The number of pyridine rings is 1. The predicted molar refractivity (Wildman–Crippen MR) is 52.1 cm³/mol. The summed E-state index contributed by atoms with van der Waals surface area (Å²) in [5, 5.41) is -0.958. The number of carbonyl (C=O) groups excluding carboxylic acids is 1. The number of hydrogen-bond donors (Lipinski definition) is 0. The molecule has 0 aromatic carbocycles. The highest BCUT2D eigenvalue weighted by Gasteiger charge is 2.19. The van der Waals surface area contributed by atoms with E-state index in [-0.39, 0.29) is 15.2 Å². The number of carbonyl (C=O) groups is 1. The van der Waals surface area contributed by atoms with E-state index in [1.165, 1.54) is 0 Å². The van der Waals surface area contributed by atoms with Crippen LogP contribution in [0.2, 0.25) is 5.02 Å². The Balaban J connectivity index is 3.35. The van der Waals surface area contributed by atoms with Gasteiger partial charge in [-0.3, -0.25) is 4.79 Å². The van der Waals surface area contributed by atoms with Crippen molar-refractivity contribution < 1.29 is 13.6 Å². The van der Waals surface area contributed by atoms with Crippen molar-refractivity contribution >= 4 is 44.4 Å². The normalized spacial score (nSPS) is 10.7. The van der Waals surface area contributed by atoms with Crippen molar-refractivity contribution in [3.8, 4) is 0 Å². The van der Waals surface area contributed by atoms with Crippen LogP contribution in [0.1, 0.15) is 22.6 Å². The van der Waals surface area contributed by atoms with Gasteiger partial charge in [-0.15, -0.1) is 0 Å². The Bertz CT molecular complexity index is 386. The summed E-state index contributed by atoms with van der Waals surface area (Å²) in [6.07, 6.45) is -2.82. The van der Waals surface area contributed by atoms with Crippen LogP contribution in [-0.4, -0.2) is 10.2 Å². The molecule has 0 atom stereocenters. The van der Waals surface area contributed by atoms with E-state index in [0.717, 1.165) is 6.07 Å². The van der Waals surface area contributed by atoms with Crippen LogP contribution in [0.4, 0.5) is 8.78 Å². The van der Waals surface area contributed by atoms with Crippen molar-refractivity contribution in [1.82, 2.24) is 4.98 Å². The molecule has 0 saturated carbocycles. The largest absolute Gasteiger partial charge is 0.281 e. The fourth-order valence-corrected chi connectivity index (χ4v) is 1.44. The average Bonchev–Trinajstić information content (AvgIpc) is 2.08. The quantitative estimate of drug-likeness (QED) is 0.778. The molecule has 1 heterocycles. The van der Waals surface area contributed by atoms with Crippen LogP contribution in [0.15, 0.2) is 10.5 Å². The highest BCUT2D eigenvalue weighted by molar-refractivity contribution is 9.10. The molecule has 0 N–H and O–H groups in total. The maximum atomic E-state index is 12.3. The molecule has 7 heteroatoms. The van der Waals surface area contributed by atoms with Crippen molar-refractivity contribution in [2.75, 3.05) is 0 Å². The van der Waals surface area contributed by atoms with Gasteiger partial charge in [0.25, 0.3) is 11.7 Å². The van der Waals surface area contributed by atoms with Crippen LogP contribution in [0.3, 0.4) is 0 Å². The number of nitrogens with zero attached hydrogens (tertiary/aromatic N) is 1. The van der Waals surface area contributed by atoms with Crippen molar-refractivity contribution in [3.63, 3.8) is 0 Å². The number of alkyl halides is 2. The topological polar surface area (TPSA) is 30.0 Å². The van der Waals surface area contributed by atoms with Crippen LogP contribution >= 0.6 is 39.1 Å². The lowest BCUT2D eigenvalue weighted by Crippen LogP contribution is -2.00.